The highest BCUT2D eigenvalue weighted by Crippen LogP contribution is 2.15. The van der Waals surface area contributed by atoms with Gasteiger partial charge in [-0.05, 0) is 35.4 Å². The van der Waals surface area contributed by atoms with Crippen LogP contribution in [0.15, 0.2) is 48.5 Å². The predicted molar refractivity (Wildman–Crippen MR) is 85.9 cm³/mol. The largest absolute Gasteiger partial charge is 0.497 e. The molecule has 0 saturated heterocycles. The first-order chi connectivity index (χ1) is 11.1. The van der Waals surface area contributed by atoms with Crippen molar-refractivity contribution in [3.63, 3.8) is 0 Å². The monoisotopic (exact) mass is 316 g/mol. The quantitative estimate of drug-likeness (QED) is 0.797. The summed E-state index contributed by atoms with van der Waals surface area (Å²) < 4.78 is 10.2. The van der Waals surface area contributed by atoms with Gasteiger partial charge in [-0.25, -0.2) is 4.79 Å². The molecule has 0 aliphatic rings. The van der Waals surface area contributed by atoms with E-state index in [2.05, 4.69) is 0 Å². The van der Waals surface area contributed by atoms with Crippen LogP contribution >= 0.6 is 0 Å². The number of rotatable bonds is 7. The number of primary amides is 1. The lowest BCUT2D eigenvalue weighted by molar-refractivity contribution is -0.132. The van der Waals surface area contributed by atoms with Gasteiger partial charge in [-0.15, -0.1) is 0 Å². The lowest BCUT2D eigenvalue weighted by Gasteiger charge is -2.20. The number of hydroxylamine groups is 2. The van der Waals surface area contributed by atoms with Crippen molar-refractivity contribution in [3.8, 4) is 11.5 Å². The Morgan fingerprint density at radius 1 is 0.913 bits per heavy atom. The highest BCUT2D eigenvalue weighted by Gasteiger charge is 2.12. The molecule has 2 rings (SSSR count). The van der Waals surface area contributed by atoms with Crippen molar-refractivity contribution >= 4 is 6.03 Å². The maximum atomic E-state index is 11.5. The number of benzene rings is 2. The number of ether oxygens (including phenoxy) is 2. The van der Waals surface area contributed by atoms with Crippen LogP contribution in [0, 0.1) is 0 Å². The molecule has 0 atom stereocenters. The van der Waals surface area contributed by atoms with Crippen LogP contribution in [0.5, 0.6) is 11.5 Å². The van der Waals surface area contributed by atoms with Crippen molar-refractivity contribution in [2.45, 2.75) is 13.2 Å². The minimum absolute atomic E-state index is 0.239. The first-order valence-corrected chi connectivity index (χ1v) is 7.08. The van der Waals surface area contributed by atoms with Crippen LogP contribution in [0.4, 0.5) is 4.79 Å². The van der Waals surface area contributed by atoms with Crippen molar-refractivity contribution in [2.75, 3.05) is 14.2 Å². The second-order valence-corrected chi connectivity index (χ2v) is 4.84. The maximum Gasteiger partial charge on any atom is 0.339 e. The minimum Gasteiger partial charge on any atom is -0.497 e. The molecule has 0 aliphatic heterocycles. The van der Waals surface area contributed by atoms with Crippen molar-refractivity contribution in [1.82, 2.24) is 5.06 Å². The Balaban J connectivity index is 1.96. The molecular weight excluding hydrogens is 296 g/mol. The second kappa shape index (κ2) is 8.05. The molecule has 0 aromatic heterocycles. The van der Waals surface area contributed by atoms with Crippen LogP contribution in [0.3, 0.4) is 0 Å². The van der Waals surface area contributed by atoms with Crippen molar-refractivity contribution in [1.29, 1.82) is 0 Å². The molecule has 0 bridgehead atoms. The molecule has 2 N–H and O–H groups in total. The van der Waals surface area contributed by atoms with Gasteiger partial charge in [-0.1, -0.05) is 24.3 Å². The average Bonchev–Trinajstić information content (AvgIpc) is 2.59. The van der Waals surface area contributed by atoms with Gasteiger partial charge in [0.05, 0.1) is 20.8 Å². The average molecular weight is 316 g/mol. The van der Waals surface area contributed by atoms with Gasteiger partial charge in [0.1, 0.15) is 18.1 Å². The Morgan fingerprint density at radius 3 is 1.83 bits per heavy atom. The number of urea groups is 1. The van der Waals surface area contributed by atoms with E-state index in [-0.39, 0.29) is 13.2 Å². The molecule has 2 aromatic rings. The van der Waals surface area contributed by atoms with Gasteiger partial charge in [0, 0.05) is 0 Å². The lowest BCUT2D eigenvalue weighted by atomic mass is 10.2. The van der Waals surface area contributed by atoms with E-state index in [0.29, 0.717) is 0 Å². The maximum absolute atomic E-state index is 11.5. The molecule has 0 saturated carbocycles. The zero-order chi connectivity index (χ0) is 16.7. The van der Waals surface area contributed by atoms with Crippen LogP contribution in [0.2, 0.25) is 0 Å². The Bertz CT molecular complexity index is 626. The summed E-state index contributed by atoms with van der Waals surface area (Å²) in [4.78, 5) is 17.0. The SMILES string of the molecule is COc1ccc(CON(Cc2ccc(OC)cc2)C(N)=O)cc1. The van der Waals surface area contributed by atoms with Gasteiger partial charge in [-0.3, -0.25) is 4.84 Å². The minimum atomic E-state index is -0.644. The molecule has 2 amide bonds. The Kier molecular flexibility index (Phi) is 5.82. The van der Waals surface area contributed by atoms with Crippen LogP contribution in [0.25, 0.3) is 0 Å². The third-order valence-electron chi connectivity index (χ3n) is 3.28. The van der Waals surface area contributed by atoms with Crippen molar-refractivity contribution < 1.29 is 19.1 Å². The summed E-state index contributed by atoms with van der Waals surface area (Å²) in [6.07, 6.45) is 0. The summed E-state index contributed by atoms with van der Waals surface area (Å²) in [5, 5.41) is 1.13. The number of carbonyl (C=O) groups is 1. The first-order valence-electron chi connectivity index (χ1n) is 7.08. The van der Waals surface area contributed by atoms with Gasteiger partial charge in [-0.2, -0.15) is 5.06 Å². The molecule has 0 heterocycles. The lowest BCUT2D eigenvalue weighted by Crippen LogP contribution is -2.35. The van der Waals surface area contributed by atoms with Gasteiger partial charge in [0.2, 0.25) is 0 Å². The number of amides is 2. The van der Waals surface area contributed by atoms with Crippen molar-refractivity contribution in [3.05, 3.63) is 59.7 Å². The molecule has 0 spiro atoms. The topological polar surface area (TPSA) is 74.0 Å². The summed E-state index contributed by atoms with van der Waals surface area (Å²) >= 11 is 0. The van der Waals surface area contributed by atoms with Gasteiger partial charge >= 0.3 is 6.03 Å². The zero-order valence-electron chi connectivity index (χ0n) is 13.2. The molecule has 6 heteroatoms. The highest BCUT2D eigenvalue weighted by molar-refractivity contribution is 5.70. The number of carbonyl (C=O) groups excluding carboxylic acids is 1. The van der Waals surface area contributed by atoms with Crippen molar-refractivity contribution in [2.24, 2.45) is 5.73 Å². The third kappa shape index (κ3) is 4.89. The molecule has 23 heavy (non-hydrogen) atoms. The first kappa shape index (κ1) is 16.6. The summed E-state index contributed by atoms with van der Waals surface area (Å²) in [7, 11) is 3.21. The number of nitrogens with zero attached hydrogens (tertiary/aromatic N) is 1. The standard InChI is InChI=1S/C17H20N2O4/c1-21-15-7-3-13(4-8-15)11-19(17(18)20)23-12-14-5-9-16(22-2)10-6-14/h3-10H,11-12H2,1-2H3,(H2,18,20). The van der Waals surface area contributed by atoms with Gasteiger partial charge in [0.25, 0.3) is 0 Å². The molecule has 6 nitrogen and oxygen atoms in total. The van der Waals surface area contributed by atoms with Crippen LogP contribution < -0.4 is 15.2 Å². The van der Waals surface area contributed by atoms with E-state index in [1.807, 2.05) is 48.5 Å². The molecule has 0 unspecified atom stereocenters. The van der Waals surface area contributed by atoms with Gasteiger partial charge in [0.15, 0.2) is 0 Å². The molecule has 0 fully saturated rings. The molecule has 0 radical (unpaired) electrons. The second-order valence-electron chi connectivity index (χ2n) is 4.84. The van der Waals surface area contributed by atoms with E-state index in [1.165, 1.54) is 0 Å². The Morgan fingerprint density at radius 2 is 1.39 bits per heavy atom. The fourth-order valence-electron chi connectivity index (χ4n) is 1.96. The fourth-order valence-corrected chi connectivity index (χ4v) is 1.96. The van der Waals surface area contributed by atoms with E-state index in [0.717, 1.165) is 27.7 Å². The Hall–Kier alpha value is -2.73. The predicted octanol–water partition coefficient (Wildman–Crippen LogP) is 2.72. The number of hydrogen-bond donors (Lipinski definition) is 1. The summed E-state index contributed by atoms with van der Waals surface area (Å²) in [5.41, 5.74) is 7.17. The fraction of sp³-hybridized carbons (Fsp3) is 0.235. The van der Waals surface area contributed by atoms with E-state index in [4.69, 9.17) is 20.0 Å². The van der Waals surface area contributed by atoms with Crippen LogP contribution in [-0.4, -0.2) is 25.3 Å². The molecule has 0 aliphatic carbocycles. The summed E-state index contributed by atoms with van der Waals surface area (Å²) in [5.74, 6) is 1.51. The highest BCUT2D eigenvalue weighted by atomic mass is 16.7. The third-order valence-corrected chi connectivity index (χ3v) is 3.28. The number of hydrogen-bond acceptors (Lipinski definition) is 4. The van der Waals surface area contributed by atoms with E-state index in [9.17, 15) is 4.79 Å². The van der Waals surface area contributed by atoms with E-state index >= 15 is 0 Å². The van der Waals surface area contributed by atoms with Crippen LogP contribution in [0.1, 0.15) is 11.1 Å². The molecule has 122 valence electrons. The summed E-state index contributed by atoms with van der Waals surface area (Å²) in [6.45, 7) is 0.499. The number of methoxy groups -OCH3 is 2. The van der Waals surface area contributed by atoms with Crippen LogP contribution in [-0.2, 0) is 18.0 Å². The smallest absolute Gasteiger partial charge is 0.339 e. The summed E-state index contributed by atoms with van der Waals surface area (Å²) in [6, 6.07) is 14.1. The molecular formula is C17H20N2O4. The van der Waals surface area contributed by atoms with Gasteiger partial charge < -0.3 is 15.2 Å². The Labute approximate surface area is 135 Å². The molecule has 2 aromatic carbocycles. The van der Waals surface area contributed by atoms with E-state index < -0.39 is 6.03 Å². The number of nitrogens with two attached hydrogens (primary N) is 1. The zero-order valence-corrected chi connectivity index (χ0v) is 13.2. The normalized spacial score (nSPS) is 10.2. The van der Waals surface area contributed by atoms with E-state index in [1.54, 1.807) is 14.2 Å².